The summed E-state index contributed by atoms with van der Waals surface area (Å²) >= 11 is 0. The number of alkyl halides is 3. The van der Waals surface area contributed by atoms with E-state index in [1.807, 2.05) is 19.1 Å². The molecule has 1 aliphatic rings. The van der Waals surface area contributed by atoms with Crippen LogP contribution in [0.2, 0.25) is 0 Å². The number of rotatable bonds is 5. The number of amides is 1. The Balaban J connectivity index is 1.49. The molecular weight excluding hydrogens is 421 g/mol. The third-order valence-corrected chi connectivity index (χ3v) is 5.30. The summed E-state index contributed by atoms with van der Waals surface area (Å²) in [6.45, 7) is 3.22. The topological polar surface area (TPSA) is 60.2 Å². The van der Waals surface area contributed by atoms with Crippen LogP contribution >= 0.6 is 0 Å². The van der Waals surface area contributed by atoms with Gasteiger partial charge in [0.05, 0.1) is 24.4 Å². The van der Waals surface area contributed by atoms with Crippen LogP contribution in [0.4, 0.5) is 13.2 Å². The molecule has 1 aliphatic heterocycles. The number of benzene rings is 1. The SMILES string of the molecule is Cc1cc(Cc2cccc(C(F)(F)F)c2)cc([C@@H]2CN(C(=O)Cn3cccn3)CCO2)n1. The van der Waals surface area contributed by atoms with Gasteiger partial charge in [0, 0.05) is 24.6 Å². The summed E-state index contributed by atoms with van der Waals surface area (Å²) in [5.74, 6) is -0.0566. The van der Waals surface area contributed by atoms with Crippen LogP contribution < -0.4 is 0 Å². The van der Waals surface area contributed by atoms with Gasteiger partial charge in [-0.2, -0.15) is 18.3 Å². The molecule has 168 valence electrons. The molecule has 1 saturated heterocycles. The van der Waals surface area contributed by atoms with Crippen molar-refractivity contribution in [1.82, 2.24) is 19.7 Å². The number of nitrogens with zero attached hydrogens (tertiary/aromatic N) is 4. The van der Waals surface area contributed by atoms with Gasteiger partial charge in [0.25, 0.3) is 0 Å². The zero-order chi connectivity index (χ0) is 22.7. The lowest BCUT2D eigenvalue weighted by molar-refractivity contribution is -0.140. The molecule has 0 spiro atoms. The highest BCUT2D eigenvalue weighted by atomic mass is 19.4. The van der Waals surface area contributed by atoms with E-state index < -0.39 is 17.8 Å². The number of aryl methyl sites for hydroxylation is 1. The molecule has 0 radical (unpaired) electrons. The molecule has 4 rings (SSSR count). The van der Waals surface area contributed by atoms with Crippen LogP contribution in [0.1, 0.15) is 34.2 Å². The fraction of sp³-hybridized carbons (Fsp3) is 0.348. The molecule has 3 aromatic rings. The van der Waals surface area contributed by atoms with E-state index in [0.717, 1.165) is 17.3 Å². The third-order valence-electron chi connectivity index (χ3n) is 5.30. The van der Waals surface area contributed by atoms with E-state index in [-0.39, 0.29) is 12.5 Å². The van der Waals surface area contributed by atoms with Crippen LogP contribution in [0.3, 0.4) is 0 Å². The molecule has 0 bridgehead atoms. The molecule has 1 amide bonds. The Kier molecular flexibility index (Phi) is 6.27. The van der Waals surface area contributed by atoms with Crippen molar-refractivity contribution in [3.8, 4) is 0 Å². The fourth-order valence-corrected chi connectivity index (χ4v) is 3.82. The van der Waals surface area contributed by atoms with E-state index >= 15 is 0 Å². The number of hydrogen-bond donors (Lipinski definition) is 0. The Morgan fingerprint density at radius 2 is 2.03 bits per heavy atom. The van der Waals surface area contributed by atoms with Gasteiger partial charge < -0.3 is 9.64 Å². The van der Waals surface area contributed by atoms with E-state index in [4.69, 9.17) is 4.74 Å². The molecule has 1 atom stereocenters. The summed E-state index contributed by atoms with van der Waals surface area (Å²) in [6, 6.07) is 10.8. The van der Waals surface area contributed by atoms with E-state index in [9.17, 15) is 18.0 Å². The monoisotopic (exact) mass is 444 g/mol. The summed E-state index contributed by atoms with van der Waals surface area (Å²) in [4.78, 5) is 18.9. The van der Waals surface area contributed by atoms with Crippen molar-refractivity contribution in [2.45, 2.75) is 32.2 Å². The van der Waals surface area contributed by atoms with Gasteiger partial charge in [-0.3, -0.25) is 14.5 Å². The Hall–Kier alpha value is -3.20. The van der Waals surface area contributed by atoms with Gasteiger partial charge in [-0.05, 0) is 48.7 Å². The van der Waals surface area contributed by atoms with Crippen molar-refractivity contribution in [2.24, 2.45) is 0 Å². The molecule has 1 fully saturated rings. The first-order chi connectivity index (χ1) is 15.3. The second-order valence-electron chi connectivity index (χ2n) is 7.82. The van der Waals surface area contributed by atoms with Crippen LogP contribution in [-0.2, 0) is 28.7 Å². The standard InChI is InChI=1S/C23H23F3N4O2/c1-16-10-18(11-17-4-2-5-19(12-17)23(24,25)26)13-20(28-16)21-14-29(8-9-32-21)22(31)15-30-7-3-6-27-30/h2-7,10,12-13,21H,8-9,11,14-15H2,1H3/t21-/m0/s1. The van der Waals surface area contributed by atoms with Crippen LogP contribution in [-0.4, -0.2) is 45.3 Å². The first-order valence-corrected chi connectivity index (χ1v) is 10.3. The van der Waals surface area contributed by atoms with Crippen LogP contribution in [0.25, 0.3) is 0 Å². The Morgan fingerprint density at radius 3 is 2.78 bits per heavy atom. The number of ether oxygens (including phenoxy) is 1. The van der Waals surface area contributed by atoms with E-state index in [1.165, 1.54) is 12.1 Å². The van der Waals surface area contributed by atoms with Crippen molar-refractivity contribution >= 4 is 5.91 Å². The molecule has 0 unspecified atom stereocenters. The number of halogens is 3. The quantitative estimate of drug-likeness (QED) is 0.601. The van der Waals surface area contributed by atoms with Crippen LogP contribution in [0, 0.1) is 6.92 Å². The molecule has 0 saturated carbocycles. The minimum absolute atomic E-state index is 0.0566. The largest absolute Gasteiger partial charge is 0.416 e. The summed E-state index contributed by atoms with van der Waals surface area (Å²) in [5.41, 5.74) is 2.16. The summed E-state index contributed by atoms with van der Waals surface area (Å²) in [5, 5.41) is 4.07. The number of morpholine rings is 1. The average molecular weight is 444 g/mol. The lowest BCUT2D eigenvalue weighted by Crippen LogP contribution is -2.44. The Bertz CT molecular complexity index is 1080. The molecule has 9 heteroatoms. The van der Waals surface area contributed by atoms with Gasteiger partial charge in [0.1, 0.15) is 12.6 Å². The van der Waals surface area contributed by atoms with Gasteiger partial charge in [-0.15, -0.1) is 0 Å². The molecule has 1 aromatic carbocycles. The lowest BCUT2D eigenvalue weighted by atomic mass is 10.0. The van der Waals surface area contributed by atoms with Gasteiger partial charge in [-0.1, -0.05) is 18.2 Å². The molecule has 2 aromatic heterocycles. The predicted molar refractivity (Wildman–Crippen MR) is 111 cm³/mol. The zero-order valence-corrected chi connectivity index (χ0v) is 17.5. The minimum atomic E-state index is -4.38. The second kappa shape index (κ2) is 9.12. The van der Waals surface area contributed by atoms with Crippen LogP contribution in [0.5, 0.6) is 0 Å². The summed E-state index contributed by atoms with van der Waals surface area (Å²) < 4.78 is 46.6. The molecule has 0 N–H and O–H groups in total. The number of hydrogen-bond acceptors (Lipinski definition) is 4. The lowest BCUT2D eigenvalue weighted by Gasteiger charge is -2.33. The smallest absolute Gasteiger partial charge is 0.368 e. The second-order valence-corrected chi connectivity index (χ2v) is 7.82. The van der Waals surface area contributed by atoms with E-state index in [0.29, 0.717) is 37.4 Å². The van der Waals surface area contributed by atoms with Crippen molar-refractivity contribution in [3.05, 3.63) is 82.9 Å². The molecule has 6 nitrogen and oxygen atoms in total. The average Bonchev–Trinajstić information content (AvgIpc) is 3.26. The number of carbonyl (C=O) groups is 1. The third kappa shape index (κ3) is 5.34. The summed E-state index contributed by atoms with van der Waals surface area (Å²) in [6.07, 6.45) is -1.08. The maximum absolute atomic E-state index is 13.0. The van der Waals surface area contributed by atoms with Gasteiger partial charge in [0.2, 0.25) is 5.91 Å². The number of pyridine rings is 1. The predicted octanol–water partition coefficient (Wildman–Crippen LogP) is 3.80. The maximum atomic E-state index is 13.0. The molecular formula is C23H23F3N4O2. The van der Waals surface area contributed by atoms with E-state index in [2.05, 4.69) is 10.1 Å². The van der Waals surface area contributed by atoms with Gasteiger partial charge in [0.15, 0.2) is 0 Å². The minimum Gasteiger partial charge on any atom is -0.368 e. The van der Waals surface area contributed by atoms with Gasteiger partial charge >= 0.3 is 6.18 Å². The first-order valence-electron chi connectivity index (χ1n) is 10.3. The zero-order valence-electron chi connectivity index (χ0n) is 17.5. The highest BCUT2D eigenvalue weighted by Gasteiger charge is 2.30. The molecule has 3 heterocycles. The molecule has 0 aliphatic carbocycles. The Morgan fingerprint density at radius 1 is 1.19 bits per heavy atom. The fourth-order valence-electron chi connectivity index (χ4n) is 3.82. The van der Waals surface area contributed by atoms with Crippen molar-refractivity contribution < 1.29 is 22.7 Å². The van der Waals surface area contributed by atoms with Gasteiger partial charge in [-0.25, -0.2) is 0 Å². The van der Waals surface area contributed by atoms with Crippen molar-refractivity contribution in [1.29, 1.82) is 0 Å². The highest BCUT2D eigenvalue weighted by molar-refractivity contribution is 5.76. The maximum Gasteiger partial charge on any atom is 0.416 e. The molecule has 32 heavy (non-hydrogen) atoms. The van der Waals surface area contributed by atoms with E-state index in [1.54, 1.807) is 34.1 Å². The first kappa shape index (κ1) is 22.0. The van der Waals surface area contributed by atoms with Crippen molar-refractivity contribution in [3.63, 3.8) is 0 Å². The summed E-state index contributed by atoms with van der Waals surface area (Å²) in [7, 11) is 0. The van der Waals surface area contributed by atoms with Crippen LogP contribution in [0.15, 0.2) is 54.9 Å². The highest BCUT2D eigenvalue weighted by Crippen LogP contribution is 2.30. The Labute approximate surface area is 183 Å². The number of aromatic nitrogens is 3. The van der Waals surface area contributed by atoms with Crippen molar-refractivity contribution in [2.75, 3.05) is 19.7 Å². The number of carbonyl (C=O) groups excluding carboxylic acids is 1. The normalized spacial score (nSPS) is 16.9.